The van der Waals surface area contributed by atoms with Crippen LogP contribution in [0.2, 0.25) is 0 Å². The number of benzene rings is 1. The molecule has 1 aromatic heterocycles. The summed E-state index contributed by atoms with van der Waals surface area (Å²) >= 11 is 0. The number of nitrogens with two attached hydrogens (primary N) is 1. The van der Waals surface area contributed by atoms with Gasteiger partial charge in [-0.1, -0.05) is 0 Å². The minimum atomic E-state index is -0.741. The molecular formula is C12H11FN4O2. The van der Waals surface area contributed by atoms with Gasteiger partial charge in [-0.3, -0.25) is 14.3 Å². The predicted octanol–water partition coefficient (Wildman–Crippen LogP) is 0.910. The summed E-state index contributed by atoms with van der Waals surface area (Å²) in [4.78, 5) is 23.0. The number of nitrogens with zero attached hydrogens (tertiary/aromatic N) is 2. The Labute approximate surface area is 108 Å². The highest BCUT2D eigenvalue weighted by atomic mass is 19.1. The molecule has 0 unspecified atom stereocenters. The van der Waals surface area contributed by atoms with Crippen molar-refractivity contribution >= 4 is 17.5 Å². The van der Waals surface area contributed by atoms with E-state index < -0.39 is 17.6 Å². The highest BCUT2D eigenvalue weighted by Crippen LogP contribution is 2.14. The second kappa shape index (κ2) is 4.89. The van der Waals surface area contributed by atoms with Crippen LogP contribution in [0.25, 0.3) is 0 Å². The van der Waals surface area contributed by atoms with Gasteiger partial charge in [0.25, 0.3) is 11.8 Å². The van der Waals surface area contributed by atoms with Gasteiger partial charge in [-0.2, -0.15) is 5.10 Å². The zero-order chi connectivity index (χ0) is 14.0. The van der Waals surface area contributed by atoms with Gasteiger partial charge in [0, 0.05) is 18.8 Å². The third kappa shape index (κ3) is 2.76. The van der Waals surface area contributed by atoms with E-state index in [1.54, 1.807) is 7.05 Å². The van der Waals surface area contributed by atoms with E-state index in [2.05, 4.69) is 10.4 Å². The molecule has 0 bridgehead atoms. The number of amides is 2. The zero-order valence-corrected chi connectivity index (χ0v) is 10.1. The molecule has 98 valence electrons. The summed E-state index contributed by atoms with van der Waals surface area (Å²) in [5, 5.41) is 6.34. The van der Waals surface area contributed by atoms with Crippen molar-refractivity contribution in [3.05, 3.63) is 47.5 Å². The number of hydrogen-bond acceptors (Lipinski definition) is 3. The number of rotatable bonds is 3. The van der Waals surface area contributed by atoms with E-state index in [-0.39, 0.29) is 16.9 Å². The first-order valence-corrected chi connectivity index (χ1v) is 5.37. The number of carbonyl (C=O) groups is 2. The smallest absolute Gasteiger partial charge is 0.271 e. The van der Waals surface area contributed by atoms with Crippen molar-refractivity contribution in [2.75, 3.05) is 5.32 Å². The summed E-state index contributed by atoms with van der Waals surface area (Å²) in [6.45, 7) is 0. The van der Waals surface area contributed by atoms with E-state index in [0.29, 0.717) is 0 Å². The van der Waals surface area contributed by atoms with Crippen LogP contribution in [0, 0.1) is 5.82 Å². The van der Waals surface area contributed by atoms with Gasteiger partial charge in [0.1, 0.15) is 5.82 Å². The lowest BCUT2D eigenvalue weighted by Crippen LogP contribution is -2.17. The number of nitrogens with one attached hydrogen (secondary N) is 1. The van der Waals surface area contributed by atoms with Crippen LogP contribution in [0.1, 0.15) is 20.8 Å². The molecule has 0 radical (unpaired) electrons. The van der Waals surface area contributed by atoms with Crippen molar-refractivity contribution in [1.29, 1.82) is 0 Å². The van der Waals surface area contributed by atoms with Gasteiger partial charge in [-0.15, -0.1) is 0 Å². The third-order valence-corrected chi connectivity index (χ3v) is 2.42. The largest absolute Gasteiger partial charge is 0.364 e. The molecule has 1 aromatic carbocycles. The molecule has 1 heterocycles. The Morgan fingerprint density at radius 3 is 2.53 bits per heavy atom. The van der Waals surface area contributed by atoms with E-state index in [0.717, 1.165) is 0 Å². The molecule has 2 amide bonds. The topological polar surface area (TPSA) is 90.0 Å². The SMILES string of the molecule is Cn1cc(NC(=O)c2ccc(F)cc2)c(C(N)=O)n1. The Balaban J connectivity index is 2.24. The first-order chi connectivity index (χ1) is 8.97. The van der Waals surface area contributed by atoms with Crippen molar-refractivity contribution < 1.29 is 14.0 Å². The van der Waals surface area contributed by atoms with Crippen molar-refractivity contribution in [1.82, 2.24) is 9.78 Å². The molecule has 2 rings (SSSR count). The molecule has 2 aromatic rings. The van der Waals surface area contributed by atoms with Gasteiger partial charge in [-0.25, -0.2) is 4.39 Å². The van der Waals surface area contributed by atoms with E-state index in [1.807, 2.05) is 0 Å². The van der Waals surface area contributed by atoms with Gasteiger partial charge >= 0.3 is 0 Å². The molecule has 6 nitrogen and oxygen atoms in total. The van der Waals surface area contributed by atoms with Crippen LogP contribution in [-0.2, 0) is 7.05 Å². The quantitative estimate of drug-likeness (QED) is 0.861. The lowest BCUT2D eigenvalue weighted by atomic mass is 10.2. The maximum Gasteiger partial charge on any atom is 0.271 e. The summed E-state index contributed by atoms with van der Waals surface area (Å²) in [5.41, 5.74) is 5.59. The number of carbonyl (C=O) groups excluding carboxylic acids is 2. The van der Waals surface area contributed by atoms with E-state index >= 15 is 0 Å². The normalized spacial score (nSPS) is 10.2. The minimum Gasteiger partial charge on any atom is -0.364 e. The van der Waals surface area contributed by atoms with Gasteiger partial charge in [0.15, 0.2) is 5.69 Å². The van der Waals surface area contributed by atoms with Crippen LogP contribution in [0.4, 0.5) is 10.1 Å². The Kier molecular flexibility index (Phi) is 3.28. The lowest BCUT2D eigenvalue weighted by molar-refractivity contribution is 0.0995. The number of hydrogen-bond donors (Lipinski definition) is 2. The average Bonchev–Trinajstić information content (AvgIpc) is 2.71. The molecule has 3 N–H and O–H groups in total. The number of halogens is 1. The Hall–Kier alpha value is -2.70. The van der Waals surface area contributed by atoms with Crippen molar-refractivity contribution in [3.63, 3.8) is 0 Å². The highest BCUT2D eigenvalue weighted by Gasteiger charge is 2.16. The predicted molar refractivity (Wildman–Crippen MR) is 66.1 cm³/mol. The maximum atomic E-state index is 12.7. The average molecular weight is 262 g/mol. The third-order valence-electron chi connectivity index (χ3n) is 2.42. The van der Waals surface area contributed by atoms with Crippen molar-refractivity contribution in [2.24, 2.45) is 12.8 Å². The summed E-state index contributed by atoms with van der Waals surface area (Å²) < 4.78 is 14.1. The summed E-state index contributed by atoms with van der Waals surface area (Å²) in [6.07, 6.45) is 1.46. The zero-order valence-electron chi connectivity index (χ0n) is 10.1. The molecular weight excluding hydrogens is 251 g/mol. The van der Waals surface area contributed by atoms with Crippen LogP contribution < -0.4 is 11.1 Å². The number of aryl methyl sites for hydroxylation is 1. The number of primary amides is 1. The van der Waals surface area contributed by atoms with Crippen LogP contribution in [0.5, 0.6) is 0 Å². The monoisotopic (exact) mass is 262 g/mol. The van der Waals surface area contributed by atoms with E-state index in [4.69, 9.17) is 5.73 Å². The van der Waals surface area contributed by atoms with Crippen LogP contribution >= 0.6 is 0 Å². The van der Waals surface area contributed by atoms with Gasteiger partial charge < -0.3 is 11.1 Å². The molecule has 0 atom stereocenters. The lowest BCUT2D eigenvalue weighted by Gasteiger charge is -2.03. The fraction of sp³-hybridized carbons (Fsp3) is 0.0833. The molecule has 0 fully saturated rings. The fourth-order valence-corrected chi connectivity index (χ4v) is 1.56. The van der Waals surface area contributed by atoms with Crippen molar-refractivity contribution in [2.45, 2.75) is 0 Å². The van der Waals surface area contributed by atoms with Crippen LogP contribution in [0.15, 0.2) is 30.5 Å². The maximum absolute atomic E-state index is 12.7. The van der Waals surface area contributed by atoms with Crippen LogP contribution in [0.3, 0.4) is 0 Å². The molecule has 0 aliphatic carbocycles. The Morgan fingerprint density at radius 2 is 1.95 bits per heavy atom. The molecule has 7 heteroatoms. The standard InChI is InChI=1S/C12H11FN4O2/c1-17-6-9(10(16-17)11(14)18)15-12(19)7-2-4-8(13)5-3-7/h2-6H,1H3,(H2,14,18)(H,15,19). The first-order valence-electron chi connectivity index (χ1n) is 5.37. The van der Waals surface area contributed by atoms with Gasteiger partial charge in [0.2, 0.25) is 0 Å². The summed E-state index contributed by atoms with van der Waals surface area (Å²) in [5.74, 6) is -1.65. The Morgan fingerprint density at radius 1 is 1.32 bits per heavy atom. The second-order valence-corrected chi connectivity index (χ2v) is 3.89. The van der Waals surface area contributed by atoms with Crippen molar-refractivity contribution in [3.8, 4) is 0 Å². The summed E-state index contributed by atoms with van der Waals surface area (Å²) in [7, 11) is 1.60. The molecule has 0 saturated carbocycles. The summed E-state index contributed by atoms with van der Waals surface area (Å²) in [6, 6.07) is 5.02. The highest BCUT2D eigenvalue weighted by molar-refractivity contribution is 6.07. The minimum absolute atomic E-state index is 0.0297. The fourth-order valence-electron chi connectivity index (χ4n) is 1.56. The Bertz CT molecular complexity index is 634. The van der Waals surface area contributed by atoms with Gasteiger partial charge in [-0.05, 0) is 24.3 Å². The molecule has 0 aliphatic heterocycles. The van der Waals surface area contributed by atoms with E-state index in [1.165, 1.54) is 35.1 Å². The van der Waals surface area contributed by atoms with Crippen LogP contribution in [-0.4, -0.2) is 21.6 Å². The van der Waals surface area contributed by atoms with Gasteiger partial charge in [0.05, 0.1) is 5.69 Å². The number of anilines is 1. The molecule has 0 aliphatic rings. The number of aromatic nitrogens is 2. The second-order valence-electron chi connectivity index (χ2n) is 3.89. The molecule has 0 saturated heterocycles. The molecule has 19 heavy (non-hydrogen) atoms. The van der Waals surface area contributed by atoms with E-state index in [9.17, 15) is 14.0 Å². The molecule has 0 spiro atoms. The first kappa shape index (κ1) is 12.7.